The number of nitrogens with one attached hydrogen (secondary N) is 2. The zero-order chi connectivity index (χ0) is 14.1. The van der Waals surface area contributed by atoms with E-state index in [1.54, 1.807) is 0 Å². The molecule has 0 aliphatic carbocycles. The minimum Gasteiger partial charge on any atom is -0.450 e. The summed E-state index contributed by atoms with van der Waals surface area (Å²) in [5, 5.41) is 7.38. The highest BCUT2D eigenvalue weighted by atomic mass is 16.3. The summed E-state index contributed by atoms with van der Waals surface area (Å²) in [6, 6.07) is 6.19. The predicted octanol–water partition coefficient (Wildman–Crippen LogP) is 2.53. The minimum atomic E-state index is -0.105. The Hall–Kier alpha value is -1.81. The van der Waals surface area contributed by atoms with Gasteiger partial charge >= 0.3 is 0 Å². The van der Waals surface area contributed by atoms with Gasteiger partial charge in [0.25, 0.3) is 5.91 Å². The van der Waals surface area contributed by atoms with Crippen LogP contribution in [0.2, 0.25) is 0 Å². The number of hydrogen-bond donors (Lipinski definition) is 2. The maximum atomic E-state index is 12.4. The summed E-state index contributed by atoms with van der Waals surface area (Å²) in [7, 11) is 0. The summed E-state index contributed by atoms with van der Waals surface area (Å²) in [4.78, 5) is 12.4. The van der Waals surface area contributed by atoms with Crippen LogP contribution in [0.4, 0.5) is 0 Å². The average molecular weight is 272 g/mol. The number of piperidine rings is 1. The molecule has 1 atom stereocenters. The lowest BCUT2D eigenvalue weighted by Crippen LogP contribution is -2.45. The van der Waals surface area contributed by atoms with Crippen molar-refractivity contribution in [3.63, 3.8) is 0 Å². The van der Waals surface area contributed by atoms with Crippen LogP contribution in [0, 0.1) is 13.8 Å². The lowest BCUT2D eigenvalue weighted by Gasteiger charge is -2.23. The van der Waals surface area contributed by atoms with Gasteiger partial charge in [0.2, 0.25) is 0 Å². The van der Waals surface area contributed by atoms with Crippen molar-refractivity contribution in [1.82, 2.24) is 10.6 Å². The van der Waals surface area contributed by atoms with E-state index in [4.69, 9.17) is 4.42 Å². The van der Waals surface area contributed by atoms with E-state index < -0.39 is 0 Å². The minimum absolute atomic E-state index is 0.105. The third-order valence-corrected chi connectivity index (χ3v) is 4.00. The molecule has 2 heterocycles. The van der Waals surface area contributed by atoms with Crippen molar-refractivity contribution in [2.24, 2.45) is 0 Å². The standard InChI is InChI=1S/C16H20N2O2/c1-10-5-3-7-13-11(2)15(20-14(10)13)16(19)18-12-6-4-8-17-9-12/h3,5,7,12,17H,4,6,8-9H2,1-2H3,(H,18,19)/t12-/m0/s1. The van der Waals surface area contributed by atoms with Crippen molar-refractivity contribution >= 4 is 16.9 Å². The third-order valence-electron chi connectivity index (χ3n) is 4.00. The summed E-state index contributed by atoms with van der Waals surface area (Å²) < 4.78 is 5.80. The molecular weight excluding hydrogens is 252 g/mol. The first-order valence-corrected chi connectivity index (χ1v) is 7.17. The van der Waals surface area contributed by atoms with Crippen LogP contribution in [0.3, 0.4) is 0 Å². The van der Waals surface area contributed by atoms with E-state index in [0.717, 1.165) is 48.0 Å². The van der Waals surface area contributed by atoms with Crippen molar-refractivity contribution in [2.45, 2.75) is 32.7 Å². The Morgan fingerprint density at radius 3 is 2.95 bits per heavy atom. The quantitative estimate of drug-likeness (QED) is 0.883. The Morgan fingerprint density at radius 2 is 2.25 bits per heavy atom. The van der Waals surface area contributed by atoms with Crippen molar-refractivity contribution in [3.05, 3.63) is 35.1 Å². The van der Waals surface area contributed by atoms with Crippen LogP contribution in [-0.4, -0.2) is 25.0 Å². The second-order valence-corrected chi connectivity index (χ2v) is 5.52. The first-order chi connectivity index (χ1) is 9.66. The highest BCUT2D eigenvalue weighted by Crippen LogP contribution is 2.27. The number of furan rings is 1. The Labute approximate surface area is 118 Å². The molecule has 1 aromatic heterocycles. The molecule has 1 aliphatic heterocycles. The highest BCUT2D eigenvalue weighted by molar-refractivity contribution is 5.99. The molecule has 2 N–H and O–H groups in total. The van der Waals surface area contributed by atoms with Crippen LogP contribution in [0.25, 0.3) is 11.0 Å². The van der Waals surface area contributed by atoms with Crippen LogP contribution >= 0.6 is 0 Å². The molecule has 1 saturated heterocycles. The Balaban J connectivity index is 1.87. The topological polar surface area (TPSA) is 54.3 Å². The molecular formula is C16H20N2O2. The Morgan fingerprint density at radius 1 is 1.40 bits per heavy atom. The number of carbonyl (C=O) groups is 1. The van der Waals surface area contributed by atoms with Gasteiger partial charge in [0.05, 0.1) is 0 Å². The number of rotatable bonds is 2. The first kappa shape index (κ1) is 13.2. The number of aryl methyl sites for hydroxylation is 2. The van der Waals surface area contributed by atoms with Crippen LogP contribution < -0.4 is 10.6 Å². The van der Waals surface area contributed by atoms with Gasteiger partial charge in [-0.2, -0.15) is 0 Å². The molecule has 3 rings (SSSR count). The summed E-state index contributed by atoms with van der Waals surface area (Å²) in [5.41, 5.74) is 2.80. The first-order valence-electron chi connectivity index (χ1n) is 7.17. The van der Waals surface area contributed by atoms with Crippen molar-refractivity contribution < 1.29 is 9.21 Å². The van der Waals surface area contributed by atoms with E-state index in [1.165, 1.54) is 0 Å². The van der Waals surface area contributed by atoms with Gasteiger partial charge in [-0.05, 0) is 38.8 Å². The summed E-state index contributed by atoms with van der Waals surface area (Å²) in [6.45, 7) is 5.82. The molecule has 4 nitrogen and oxygen atoms in total. The largest absolute Gasteiger partial charge is 0.450 e. The number of para-hydroxylation sites is 1. The van der Waals surface area contributed by atoms with E-state index in [0.29, 0.717) is 5.76 Å². The fourth-order valence-corrected chi connectivity index (χ4v) is 2.83. The van der Waals surface area contributed by atoms with Gasteiger partial charge < -0.3 is 15.1 Å². The van der Waals surface area contributed by atoms with Gasteiger partial charge in [0, 0.05) is 23.5 Å². The van der Waals surface area contributed by atoms with Gasteiger partial charge in [0.15, 0.2) is 5.76 Å². The van der Waals surface area contributed by atoms with Crippen LogP contribution in [0.15, 0.2) is 22.6 Å². The predicted molar refractivity (Wildman–Crippen MR) is 79.0 cm³/mol. The molecule has 0 radical (unpaired) electrons. The lowest BCUT2D eigenvalue weighted by atomic mass is 10.1. The third kappa shape index (κ3) is 2.31. The molecule has 1 fully saturated rings. The molecule has 2 aromatic rings. The second kappa shape index (κ2) is 5.29. The van der Waals surface area contributed by atoms with E-state index >= 15 is 0 Å². The number of hydrogen-bond acceptors (Lipinski definition) is 3. The molecule has 4 heteroatoms. The normalized spacial score (nSPS) is 19.2. The van der Waals surface area contributed by atoms with Gasteiger partial charge in [0.1, 0.15) is 5.58 Å². The zero-order valence-electron chi connectivity index (χ0n) is 12.0. The smallest absolute Gasteiger partial charge is 0.287 e. The van der Waals surface area contributed by atoms with Crippen LogP contribution in [0.1, 0.15) is 34.5 Å². The van der Waals surface area contributed by atoms with E-state index in [1.807, 2.05) is 32.0 Å². The van der Waals surface area contributed by atoms with Crippen molar-refractivity contribution in [2.75, 3.05) is 13.1 Å². The van der Waals surface area contributed by atoms with Crippen molar-refractivity contribution in [3.8, 4) is 0 Å². The number of benzene rings is 1. The van der Waals surface area contributed by atoms with E-state index in [2.05, 4.69) is 10.6 Å². The van der Waals surface area contributed by atoms with E-state index in [-0.39, 0.29) is 11.9 Å². The Kier molecular flexibility index (Phi) is 3.49. The molecule has 0 saturated carbocycles. The lowest BCUT2D eigenvalue weighted by molar-refractivity contribution is 0.0904. The molecule has 20 heavy (non-hydrogen) atoms. The molecule has 0 bridgehead atoms. The molecule has 1 aromatic carbocycles. The monoisotopic (exact) mass is 272 g/mol. The van der Waals surface area contributed by atoms with Gasteiger partial charge in [-0.25, -0.2) is 0 Å². The van der Waals surface area contributed by atoms with Crippen molar-refractivity contribution in [1.29, 1.82) is 0 Å². The molecule has 0 spiro atoms. The summed E-state index contributed by atoms with van der Waals surface area (Å²) in [5.74, 6) is 0.340. The maximum absolute atomic E-state index is 12.4. The van der Waals surface area contributed by atoms with Gasteiger partial charge in [-0.1, -0.05) is 18.2 Å². The average Bonchev–Trinajstić information content (AvgIpc) is 2.79. The molecule has 106 valence electrons. The van der Waals surface area contributed by atoms with Gasteiger partial charge in [-0.3, -0.25) is 4.79 Å². The zero-order valence-corrected chi connectivity index (χ0v) is 12.0. The number of fused-ring (bicyclic) bond motifs is 1. The molecule has 1 amide bonds. The van der Waals surface area contributed by atoms with Gasteiger partial charge in [-0.15, -0.1) is 0 Å². The second-order valence-electron chi connectivity index (χ2n) is 5.52. The summed E-state index contributed by atoms with van der Waals surface area (Å²) >= 11 is 0. The molecule has 0 unspecified atom stereocenters. The maximum Gasteiger partial charge on any atom is 0.287 e. The fraction of sp³-hybridized carbons (Fsp3) is 0.438. The SMILES string of the molecule is Cc1c(C(=O)N[C@H]2CCCNC2)oc2c(C)cccc12. The number of carbonyl (C=O) groups excluding carboxylic acids is 1. The van der Waals surface area contributed by atoms with Crippen LogP contribution in [0.5, 0.6) is 0 Å². The van der Waals surface area contributed by atoms with E-state index in [9.17, 15) is 4.79 Å². The Bertz CT molecular complexity index is 639. The highest BCUT2D eigenvalue weighted by Gasteiger charge is 2.22. The molecule has 1 aliphatic rings. The summed E-state index contributed by atoms with van der Waals surface area (Å²) in [6.07, 6.45) is 2.13. The fourth-order valence-electron chi connectivity index (χ4n) is 2.83. The number of amides is 1. The van der Waals surface area contributed by atoms with Crippen LogP contribution in [-0.2, 0) is 0 Å².